The van der Waals surface area contributed by atoms with Crippen LogP contribution in [0.1, 0.15) is 5.01 Å². The summed E-state index contributed by atoms with van der Waals surface area (Å²) in [7, 11) is 1.93. The van der Waals surface area contributed by atoms with Gasteiger partial charge in [-0.3, -0.25) is 4.90 Å². The molecule has 0 unspecified atom stereocenters. The number of hydrogen-bond acceptors (Lipinski definition) is 4. The number of carbonyl (C=O) groups excluding carboxylic acids is 1. The van der Waals surface area contributed by atoms with Crippen molar-refractivity contribution in [2.24, 2.45) is 0 Å². The standard InChI is InChI=1S/C8H12N2OS/c1-10(5-6-11)4-2-8-9-3-7-12-8/h3,6-7H,2,4-5H2,1H3. The molecule has 0 saturated heterocycles. The van der Waals surface area contributed by atoms with E-state index in [9.17, 15) is 4.79 Å². The minimum absolute atomic E-state index is 0.505. The Morgan fingerprint density at radius 1 is 1.75 bits per heavy atom. The molecule has 0 N–H and O–H groups in total. The summed E-state index contributed by atoms with van der Waals surface area (Å²) in [5, 5.41) is 3.10. The van der Waals surface area contributed by atoms with Crippen LogP contribution in [0, 0.1) is 0 Å². The molecule has 12 heavy (non-hydrogen) atoms. The summed E-state index contributed by atoms with van der Waals surface area (Å²) >= 11 is 1.66. The molecule has 0 saturated carbocycles. The SMILES string of the molecule is CN(CC=O)CCc1nccs1. The Morgan fingerprint density at radius 3 is 3.17 bits per heavy atom. The lowest BCUT2D eigenvalue weighted by atomic mass is 10.4. The maximum absolute atomic E-state index is 10.1. The number of likely N-dealkylation sites (N-methyl/N-ethyl adjacent to an activating group) is 1. The Labute approximate surface area is 76.0 Å². The Morgan fingerprint density at radius 2 is 2.58 bits per heavy atom. The Balaban J connectivity index is 2.21. The molecule has 0 bridgehead atoms. The summed E-state index contributed by atoms with van der Waals surface area (Å²) in [4.78, 5) is 16.3. The van der Waals surface area contributed by atoms with E-state index in [1.807, 2.05) is 17.3 Å². The van der Waals surface area contributed by atoms with Crippen LogP contribution in [0.25, 0.3) is 0 Å². The van der Waals surface area contributed by atoms with Crippen molar-refractivity contribution in [2.45, 2.75) is 6.42 Å². The molecule has 0 aliphatic rings. The number of rotatable bonds is 5. The van der Waals surface area contributed by atoms with Gasteiger partial charge in [0.05, 0.1) is 11.6 Å². The van der Waals surface area contributed by atoms with Crippen molar-refractivity contribution in [3.05, 3.63) is 16.6 Å². The van der Waals surface area contributed by atoms with Crippen LogP contribution in [-0.2, 0) is 11.2 Å². The molecule has 0 aliphatic carbocycles. The zero-order valence-electron chi connectivity index (χ0n) is 7.06. The highest BCUT2D eigenvalue weighted by Crippen LogP contribution is 2.04. The first-order valence-electron chi connectivity index (χ1n) is 3.83. The van der Waals surface area contributed by atoms with Gasteiger partial charge in [-0.2, -0.15) is 0 Å². The number of thiazole rings is 1. The van der Waals surface area contributed by atoms with Gasteiger partial charge in [-0.1, -0.05) is 0 Å². The van der Waals surface area contributed by atoms with E-state index in [0.29, 0.717) is 6.54 Å². The fourth-order valence-electron chi connectivity index (χ4n) is 0.881. The van der Waals surface area contributed by atoms with Crippen LogP contribution in [0.3, 0.4) is 0 Å². The van der Waals surface area contributed by atoms with Gasteiger partial charge in [0.1, 0.15) is 6.29 Å². The van der Waals surface area contributed by atoms with Gasteiger partial charge in [0, 0.05) is 24.5 Å². The second-order valence-corrected chi connectivity index (χ2v) is 3.58. The predicted octanol–water partition coefficient (Wildman–Crippen LogP) is 0.816. The van der Waals surface area contributed by atoms with Crippen LogP contribution in [0.5, 0.6) is 0 Å². The minimum Gasteiger partial charge on any atom is -0.302 e. The molecule has 0 atom stereocenters. The average molecular weight is 184 g/mol. The maximum atomic E-state index is 10.1. The van der Waals surface area contributed by atoms with Crippen LogP contribution in [0.15, 0.2) is 11.6 Å². The monoisotopic (exact) mass is 184 g/mol. The van der Waals surface area contributed by atoms with Gasteiger partial charge in [0.15, 0.2) is 0 Å². The highest BCUT2D eigenvalue weighted by atomic mass is 32.1. The van der Waals surface area contributed by atoms with Gasteiger partial charge >= 0.3 is 0 Å². The molecule has 1 rings (SSSR count). The van der Waals surface area contributed by atoms with Crippen LogP contribution in [0.4, 0.5) is 0 Å². The van der Waals surface area contributed by atoms with Gasteiger partial charge in [0.2, 0.25) is 0 Å². The average Bonchev–Trinajstić information content (AvgIpc) is 2.53. The van der Waals surface area contributed by atoms with Crippen molar-refractivity contribution in [3.8, 4) is 0 Å². The fraction of sp³-hybridized carbons (Fsp3) is 0.500. The number of aromatic nitrogens is 1. The van der Waals surface area contributed by atoms with Crippen molar-refractivity contribution in [1.29, 1.82) is 0 Å². The molecular weight excluding hydrogens is 172 g/mol. The Bertz CT molecular complexity index is 223. The van der Waals surface area contributed by atoms with Crippen molar-refractivity contribution < 1.29 is 4.79 Å². The first-order valence-corrected chi connectivity index (χ1v) is 4.71. The molecule has 1 heterocycles. The summed E-state index contributed by atoms with van der Waals surface area (Å²) in [6.07, 6.45) is 3.66. The number of nitrogens with zero attached hydrogens (tertiary/aromatic N) is 2. The largest absolute Gasteiger partial charge is 0.302 e. The Kier molecular flexibility index (Phi) is 3.90. The molecule has 1 aromatic heterocycles. The van der Waals surface area contributed by atoms with Crippen LogP contribution < -0.4 is 0 Å². The van der Waals surface area contributed by atoms with Crippen molar-refractivity contribution >= 4 is 17.6 Å². The van der Waals surface area contributed by atoms with Crippen molar-refractivity contribution in [3.63, 3.8) is 0 Å². The van der Waals surface area contributed by atoms with Crippen molar-refractivity contribution in [1.82, 2.24) is 9.88 Å². The quantitative estimate of drug-likeness (QED) is 0.635. The third-order valence-corrected chi connectivity index (χ3v) is 2.42. The summed E-state index contributed by atoms with van der Waals surface area (Å²) in [6, 6.07) is 0. The number of carbonyl (C=O) groups is 1. The molecule has 0 fully saturated rings. The Hall–Kier alpha value is -0.740. The van der Waals surface area contributed by atoms with Gasteiger partial charge < -0.3 is 4.79 Å². The molecule has 0 spiro atoms. The summed E-state index contributed by atoms with van der Waals surface area (Å²) in [5.74, 6) is 0. The van der Waals surface area contributed by atoms with E-state index in [1.165, 1.54) is 0 Å². The lowest BCUT2D eigenvalue weighted by molar-refractivity contribution is -0.108. The van der Waals surface area contributed by atoms with Gasteiger partial charge in [0.25, 0.3) is 0 Å². The van der Waals surface area contributed by atoms with Crippen LogP contribution in [-0.4, -0.2) is 36.3 Å². The lowest BCUT2D eigenvalue weighted by Gasteiger charge is -2.10. The molecule has 1 aromatic rings. The zero-order valence-corrected chi connectivity index (χ0v) is 7.88. The second kappa shape index (κ2) is 5.00. The second-order valence-electron chi connectivity index (χ2n) is 2.60. The molecule has 3 nitrogen and oxygen atoms in total. The highest BCUT2D eigenvalue weighted by Gasteiger charge is 1.99. The maximum Gasteiger partial charge on any atom is 0.133 e. The molecule has 0 aromatic carbocycles. The van der Waals surface area contributed by atoms with E-state index in [0.717, 1.165) is 24.3 Å². The summed E-state index contributed by atoms with van der Waals surface area (Å²) in [6.45, 7) is 1.40. The molecule has 4 heteroatoms. The van der Waals surface area contributed by atoms with E-state index in [-0.39, 0.29) is 0 Å². The van der Waals surface area contributed by atoms with E-state index in [2.05, 4.69) is 4.98 Å². The number of aldehydes is 1. The van der Waals surface area contributed by atoms with E-state index >= 15 is 0 Å². The molecule has 0 amide bonds. The first-order chi connectivity index (χ1) is 5.83. The lowest BCUT2D eigenvalue weighted by Crippen LogP contribution is -2.23. The van der Waals surface area contributed by atoms with Gasteiger partial charge in [-0.15, -0.1) is 11.3 Å². The topological polar surface area (TPSA) is 33.2 Å². The van der Waals surface area contributed by atoms with E-state index in [1.54, 1.807) is 17.5 Å². The fourth-order valence-corrected chi connectivity index (χ4v) is 1.49. The molecule has 66 valence electrons. The van der Waals surface area contributed by atoms with Crippen molar-refractivity contribution in [2.75, 3.05) is 20.1 Å². The normalized spacial score (nSPS) is 10.5. The molecule has 0 aliphatic heterocycles. The van der Waals surface area contributed by atoms with Gasteiger partial charge in [-0.05, 0) is 7.05 Å². The van der Waals surface area contributed by atoms with E-state index in [4.69, 9.17) is 0 Å². The zero-order chi connectivity index (χ0) is 8.81. The minimum atomic E-state index is 0.505. The van der Waals surface area contributed by atoms with Crippen LogP contribution >= 0.6 is 11.3 Å². The summed E-state index contributed by atoms with van der Waals surface area (Å²) < 4.78 is 0. The predicted molar refractivity (Wildman–Crippen MR) is 49.4 cm³/mol. The molecule has 0 radical (unpaired) electrons. The summed E-state index contributed by atoms with van der Waals surface area (Å²) in [5.41, 5.74) is 0. The molecular formula is C8H12N2OS. The smallest absolute Gasteiger partial charge is 0.133 e. The first kappa shape index (κ1) is 9.35. The highest BCUT2D eigenvalue weighted by molar-refractivity contribution is 7.09. The number of hydrogen-bond donors (Lipinski definition) is 0. The third-order valence-electron chi connectivity index (χ3n) is 1.58. The van der Waals surface area contributed by atoms with E-state index < -0.39 is 0 Å². The third kappa shape index (κ3) is 3.11. The van der Waals surface area contributed by atoms with Gasteiger partial charge in [-0.25, -0.2) is 4.98 Å². The van der Waals surface area contributed by atoms with Crippen LogP contribution in [0.2, 0.25) is 0 Å².